The van der Waals surface area contributed by atoms with Gasteiger partial charge >= 0.3 is 0 Å². The number of carbonyl (C=O) groups is 1. The van der Waals surface area contributed by atoms with E-state index in [9.17, 15) is 9.90 Å². The van der Waals surface area contributed by atoms with Crippen LogP contribution in [0.1, 0.15) is 45.9 Å². The van der Waals surface area contributed by atoms with Crippen molar-refractivity contribution in [3.05, 3.63) is 51.0 Å². The summed E-state index contributed by atoms with van der Waals surface area (Å²) in [6.07, 6.45) is 3.32. The Hall–Kier alpha value is -1.76. The molecular weight excluding hydrogens is 334 g/mol. The molecule has 3 rings (SSSR count). The van der Waals surface area contributed by atoms with Crippen LogP contribution in [0.3, 0.4) is 0 Å². The first-order valence-electron chi connectivity index (χ1n) is 8.78. The summed E-state index contributed by atoms with van der Waals surface area (Å²) in [4.78, 5) is 20.5. The van der Waals surface area contributed by atoms with Crippen molar-refractivity contribution in [2.75, 3.05) is 13.1 Å². The third-order valence-corrected chi connectivity index (χ3v) is 5.52. The van der Waals surface area contributed by atoms with E-state index in [1.165, 1.54) is 16.0 Å². The van der Waals surface area contributed by atoms with Gasteiger partial charge in [0.2, 0.25) is 0 Å². The molecule has 6 heteroatoms. The molecule has 0 saturated heterocycles. The number of hydrogen-bond donors (Lipinski definition) is 2. The van der Waals surface area contributed by atoms with Gasteiger partial charge in [-0.15, -0.1) is 11.3 Å². The summed E-state index contributed by atoms with van der Waals surface area (Å²) in [6.45, 7) is 6.72. The van der Waals surface area contributed by atoms with E-state index in [4.69, 9.17) is 0 Å². The number of hydrogen-bond acceptors (Lipinski definition) is 5. The van der Waals surface area contributed by atoms with E-state index in [-0.39, 0.29) is 12.5 Å². The Labute approximate surface area is 152 Å². The number of rotatable bonds is 6. The second kappa shape index (κ2) is 8.08. The summed E-state index contributed by atoms with van der Waals surface area (Å²) in [5.74, 6) is -0.0799. The average Bonchev–Trinajstić information content (AvgIpc) is 3.03. The highest BCUT2D eigenvalue weighted by Gasteiger charge is 2.24. The number of amides is 1. The predicted octanol–water partition coefficient (Wildman–Crippen LogP) is 2.37. The van der Waals surface area contributed by atoms with E-state index in [1.807, 2.05) is 11.6 Å². The lowest BCUT2D eigenvalue weighted by Gasteiger charge is -2.27. The van der Waals surface area contributed by atoms with Crippen LogP contribution in [-0.4, -0.2) is 40.1 Å². The SMILES string of the molecule is CCc1ccc(CN2CCc3c(C(=O)NC[C@@H](C)O)csc3C2)nc1. The van der Waals surface area contributed by atoms with Crippen molar-refractivity contribution in [1.82, 2.24) is 15.2 Å². The summed E-state index contributed by atoms with van der Waals surface area (Å²) in [7, 11) is 0. The Morgan fingerprint density at radius 1 is 1.48 bits per heavy atom. The van der Waals surface area contributed by atoms with Crippen LogP contribution in [-0.2, 0) is 25.9 Å². The maximum absolute atomic E-state index is 12.3. The molecule has 1 aliphatic rings. The molecule has 0 aromatic carbocycles. The molecule has 5 nitrogen and oxygen atoms in total. The van der Waals surface area contributed by atoms with E-state index in [0.717, 1.165) is 43.7 Å². The predicted molar refractivity (Wildman–Crippen MR) is 99.8 cm³/mol. The van der Waals surface area contributed by atoms with Crippen molar-refractivity contribution >= 4 is 17.2 Å². The number of aromatic nitrogens is 1. The fraction of sp³-hybridized carbons (Fsp3) is 0.474. The van der Waals surface area contributed by atoms with E-state index in [0.29, 0.717) is 0 Å². The Bertz CT molecular complexity index is 725. The molecule has 0 aliphatic carbocycles. The molecule has 25 heavy (non-hydrogen) atoms. The van der Waals surface area contributed by atoms with E-state index in [2.05, 4.69) is 34.3 Å². The topological polar surface area (TPSA) is 65.5 Å². The minimum absolute atomic E-state index is 0.0799. The largest absolute Gasteiger partial charge is 0.392 e. The minimum Gasteiger partial charge on any atom is -0.392 e. The monoisotopic (exact) mass is 359 g/mol. The summed E-state index contributed by atoms with van der Waals surface area (Å²) in [6, 6.07) is 4.26. The number of fused-ring (bicyclic) bond motifs is 1. The molecule has 0 fully saturated rings. The summed E-state index contributed by atoms with van der Waals surface area (Å²) in [5, 5.41) is 14.1. The third kappa shape index (κ3) is 4.45. The number of aliphatic hydroxyl groups excluding tert-OH is 1. The second-order valence-corrected chi connectivity index (χ2v) is 7.55. The lowest BCUT2D eigenvalue weighted by molar-refractivity contribution is 0.0922. The molecule has 1 atom stereocenters. The number of aliphatic hydroxyl groups is 1. The normalized spacial score (nSPS) is 15.6. The van der Waals surface area contributed by atoms with Gasteiger partial charge in [-0.05, 0) is 37.0 Å². The standard InChI is InChI=1S/C19H25N3O2S/c1-3-14-4-5-15(20-9-14)10-22-7-6-16-17(12-25-18(16)11-22)19(24)21-8-13(2)23/h4-5,9,12-13,23H,3,6-8,10-11H2,1-2H3,(H,21,24)/t13-/m1/s1. The van der Waals surface area contributed by atoms with Crippen LogP contribution in [0.4, 0.5) is 0 Å². The number of thiophene rings is 1. The second-order valence-electron chi connectivity index (χ2n) is 6.58. The van der Waals surface area contributed by atoms with Gasteiger partial charge in [-0.25, -0.2) is 0 Å². The van der Waals surface area contributed by atoms with Crippen LogP contribution < -0.4 is 5.32 Å². The zero-order valence-electron chi connectivity index (χ0n) is 14.8. The van der Waals surface area contributed by atoms with E-state index >= 15 is 0 Å². The zero-order chi connectivity index (χ0) is 17.8. The van der Waals surface area contributed by atoms with Gasteiger partial charge in [0.1, 0.15) is 0 Å². The summed E-state index contributed by atoms with van der Waals surface area (Å²) in [5.41, 5.74) is 4.28. The van der Waals surface area contributed by atoms with Gasteiger partial charge in [-0.1, -0.05) is 13.0 Å². The summed E-state index contributed by atoms with van der Waals surface area (Å²) < 4.78 is 0. The molecule has 2 N–H and O–H groups in total. The third-order valence-electron chi connectivity index (χ3n) is 4.51. The van der Waals surface area contributed by atoms with Gasteiger partial charge in [0.15, 0.2) is 0 Å². The Morgan fingerprint density at radius 2 is 2.32 bits per heavy atom. The molecule has 134 valence electrons. The van der Waals surface area contributed by atoms with Gasteiger partial charge in [0, 0.05) is 42.6 Å². The van der Waals surface area contributed by atoms with Gasteiger partial charge < -0.3 is 10.4 Å². The van der Waals surface area contributed by atoms with Crippen LogP contribution in [0, 0.1) is 0 Å². The molecular formula is C19H25N3O2S. The smallest absolute Gasteiger partial charge is 0.252 e. The Kier molecular flexibility index (Phi) is 5.83. The Balaban J connectivity index is 1.63. The first-order chi connectivity index (χ1) is 12.1. The highest BCUT2D eigenvalue weighted by atomic mass is 32.1. The highest BCUT2D eigenvalue weighted by Crippen LogP contribution is 2.29. The van der Waals surface area contributed by atoms with Gasteiger partial charge in [-0.2, -0.15) is 0 Å². The number of nitrogens with zero attached hydrogens (tertiary/aromatic N) is 2. The van der Waals surface area contributed by atoms with Crippen LogP contribution in [0.25, 0.3) is 0 Å². The zero-order valence-corrected chi connectivity index (χ0v) is 15.6. The molecule has 3 heterocycles. The maximum Gasteiger partial charge on any atom is 0.252 e. The van der Waals surface area contributed by atoms with E-state index < -0.39 is 6.10 Å². The lowest BCUT2D eigenvalue weighted by atomic mass is 10.0. The first kappa shape index (κ1) is 18.0. The molecule has 0 saturated carbocycles. The van der Waals surface area contributed by atoms with Crippen molar-refractivity contribution in [3.63, 3.8) is 0 Å². The molecule has 2 aromatic rings. The van der Waals surface area contributed by atoms with Gasteiger partial charge in [0.05, 0.1) is 17.4 Å². The number of nitrogens with one attached hydrogen (secondary N) is 1. The van der Waals surface area contributed by atoms with Crippen molar-refractivity contribution in [2.45, 2.75) is 45.9 Å². The van der Waals surface area contributed by atoms with Crippen molar-refractivity contribution in [3.8, 4) is 0 Å². The molecule has 0 spiro atoms. The van der Waals surface area contributed by atoms with Crippen molar-refractivity contribution < 1.29 is 9.90 Å². The molecule has 0 unspecified atom stereocenters. The fourth-order valence-electron chi connectivity index (χ4n) is 3.03. The summed E-state index contributed by atoms with van der Waals surface area (Å²) >= 11 is 1.65. The number of carbonyl (C=O) groups excluding carboxylic acids is 1. The average molecular weight is 359 g/mol. The van der Waals surface area contributed by atoms with Gasteiger partial charge in [0.25, 0.3) is 5.91 Å². The van der Waals surface area contributed by atoms with Gasteiger partial charge in [-0.3, -0.25) is 14.7 Å². The maximum atomic E-state index is 12.3. The van der Waals surface area contributed by atoms with Crippen LogP contribution in [0.15, 0.2) is 23.7 Å². The Morgan fingerprint density at radius 3 is 3.00 bits per heavy atom. The quantitative estimate of drug-likeness (QED) is 0.831. The molecule has 1 aliphatic heterocycles. The highest BCUT2D eigenvalue weighted by molar-refractivity contribution is 7.10. The van der Waals surface area contributed by atoms with Crippen LogP contribution in [0.5, 0.6) is 0 Å². The molecule has 2 aromatic heterocycles. The first-order valence-corrected chi connectivity index (χ1v) is 9.66. The molecule has 0 bridgehead atoms. The van der Waals surface area contributed by atoms with E-state index in [1.54, 1.807) is 18.3 Å². The van der Waals surface area contributed by atoms with Crippen LogP contribution in [0.2, 0.25) is 0 Å². The minimum atomic E-state index is -0.527. The van der Waals surface area contributed by atoms with Crippen molar-refractivity contribution in [2.24, 2.45) is 0 Å². The van der Waals surface area contributed by atoms with Crippen LogP contribution >= 0.6 is 11.3 Å². The number of pyridine rings is 1. The molecule has 0 radical (unpaired) electrons. The molecule has 1 amide bonds. The van der Waals surface area contributed by atoms with Crippen molar-refractivity contribution in [1.29, 1.82) is 0 Å². The number of aryl methyl sites for hydroxylation is 1. The lowest BCUT2D eigenvalue weighted by Crippen LogP contribution is -2.33. The fourth-order valence-corrected chi connectivity index (χ4v) is 4.15.